The highest BCUT2D eigenvalue weighted by atomic mass is 16.5. The number of hydrogen-bond acceptors (Lipinski definition) is 5. The molecule has 0 fully saturated rings. The van der Waals surface area contributed by atoms with Crippen LogP contribution in [0.3, 0.4) is 0 Å². The number of aliphatic hydroxyl groups excluding tert-OH is 1. The van der Waals surface area contributed by atoms with E-state index < -0.39 is 6.10 Å². The Bertz CT molecular complexity index is 614. The largest absolute Gasteiger partial charge is 0.491 e. The summed E-state index contributed by atoms with van der Waals surface area (Å²) in [4.78, 5) is 0. The van der Waals surface area contributed by atoms with Crippen LogP contribution in [0.25, 0.3) is 0 Å². The summed E-state index contributed by atoms with van der Waals surface area (Å²) in [5, 5.41) is 21.2. The molecule has 0 saturated carbocycles. The lowest BCUT2D eigenvalue weighted by atomic mass is 10.1. The first-order valence-electron chi connectivity index (χ1n) is 8.05. The standard InChI is InChI=1S/C17H24N4O2/c1-13-7-17-19-9-14(11-21(17)20-13)8-18-10-15(22)12-23-16-5-3-2-4-6-16/h2-7,14-15,18-19,22H,8-12H2,1H3/t14-,15+/m1/s1. The van der Waals surface area contributed by atoms with Crippen LogP contribution in [0.5, 0.6) is 5.75 Å². The molecule has 0 unspecified atom stereocenters. The number of fused-ring (bicyclic) bond motifs is 1. The van der Waals surface area contributed by atoms with Crippen LogP contribution in [0.1, 0.15) is 5.69 Å². The normalized spacial score (nSPS) is 18.1. The number of hydrogen-bond donors (Lipinski definition) is 3. The van der Waals surface area contributed by atoms with E-state index in [0.29, 0.717) is 19.1 Å². The maximum atomic E-state index is 9.98. The van der Waals surface area contributed by atoms with Crippen molar-refractivity contribution in [2.24, 2.45) is 5.92 Å². The zero-order valence-electron chi connectivity index (χ0n) is 13.4. The molecular weight excluding hydrogens is 292 g/mol. The molecule has 2 atom stereocenters. The smallest absolute Gasteiger partial charge is 0.124 e. The minimum Gasteiger partial charge on any atom is -0.491 e. The van der Waals surface area contributed by atoms with Crippen molar-refractivity contribution < 1.29 is 9.84 Å². The molecule has 0 spiro atoms. The van der Waals surface area contributed by atoms with Gasteiger partial charge in [-0.05, 0) is 19.1 Å². The van der Waals surface area contributed by atoms with Gasteiger partial charge in [0.15, 0.2) is 0 Å². The molecule has 0 amide bonds. The van der Waals surface area contributed by atoms with Crippen LogP contribution < -0.4 is 15.4 Å². The number of anilines is 1. The quantitative estimate of drug-likeness (QED) is 0.717. The molecule has 2 heterocycles. The van der Waals surface area contributed by atoms with E-state index in [4.69, 9.17) is 4.74 Å². The molecule has 1 aliphatic rings. The van der Waals surface area contributed by atoms with Crippen molar-refractivity contribution >= 4 is 5.82 Å². The van der Waals surface area contributed by atoms with Crippen molar-refractivity contribution in [1.82, 2.24) is 15.1 Å². The number of rotatable bonds is 7. The van der Waals surface area contributed by atoms with Gasteiger partial charge in [-0.25, -0.2) is 4.68 Å². The number of aliphatic hydroxyl groups is 1. The second-order valence-corrected chi connectivity index (χ2v) is 6.04. The zero-order chi connectivity index (χ0) is 16.1. The molecule has 3 N–H and O–H groups in total. The van der Waals surface area contributed by atoms with E-state index in [-0.39, 0.29) is 0 Å². The van der Waals surface area contributed by atoms with Crippen LogP contribution in [0, 0.1) is 12.8 Å². The van der Waals surface area contributed by atoms with E-state index in [1.807, 2.05) is 41.9 Å². The van der Waals surface area contributed by atoms with Crippen LogP contribution in [-0.4, -0.2) is 47.2 Å². The molecule has 0 aliphatic carbocycles. The first kappa shape index (κ1) is 15.8. The SMILES string of the molecule is Cc1cc2n(n1)C[C@H](CNC[C@H](O)COc1ccccc1)CN2. The fourth-order valence-corrected chi connectivity index (χ4v) is 2.74. The van der Waals surface area contributed by atoms with Gasteiger partial charge in [-0.1, -0.05) is 18.2 Å². The van der Waals surface area contributed by atoms with Crippen LogP contribution in [0.15, 0.2) is 36.4 Å². The number of aryl methyl sites for hydroxylation is 1. The van der Waals surface area contributed by atoms with Crippen molar-refractivity contribution in [3.63, 3.8) is 0 Å². The van der Waals surface area contributed by atoms with Gasteiger partial charge in [0.25, 0.3) is 0 Å². The molecule has 124 valence electrons. The summed E-state index contributed by atoms with van der Waals surface area (Å²) in [7, 11) is 0. The average molecular weight is 316 g/mol. The first-order valence-corrected chi connectivity index (χ1v) is 8.05. The summed E-state index contributed by atoms with van der Waals surface area (Å²) in [5.41, 5.74) is 1.04. The molecule has 0 radical (unpaired) electrons. The van der Waals surface area contributed by atoms with Crippen molar-refractivity contribution in [1.29, 1.82) is 0 Å². The van der Waals surface area contributed by atoms with Gasteiger partial charge < -0.3 is 20.5 Å². The van der Waals surface area contributed by atoms with Crippen molar-refractivity contribution in [3.8, 4) is 5.75 Å². The Labute approximate surface area is 136 Å². The maximum absolute atomic E-state index is 9.98. The maximum Gasteiger partial charge on any atom is 0.124 e. The lowest BCUT2D eigenvalue weighted by Crippen LogP contribution is -2.39. The number of benzene rings is 1. The van der Waals surface area contributed by atoms with Crippen LogP contribution >= 0.6 is 0 Å². The topological polar surface area (TPSA) is 71.3 Å². The van der Waals surface area contributed by atoms with Crippen molar-refractivity contribution in [3.05, 3.63) is 42.1 Å². The predicted octanol–water partition coefficient (Wildman–Crippen LogP) is 1.26. The third-order valence-corrected chi connectivity index (χ3v) is 3.90. The summed E-state index contributed by atoms with van der Waals surface area (Å²) in [6, 6.07) is 11.6. The molecule has 3 rings (SSSR count). The first-order chi connectivity index (χ1) is 11.2. The summed E-state index contributed by atoms with van der Waals surface area (Å²) < 4.78 is 7.56. The highest BCUT2D eigenvalue weighted by Gasteiger charge is 2.19. The number of nitrogens with zero attached hydrogens (tertiary/aromatic N) is 2. The van der Waals surface area contributed by atoms with Gasteiger partial charge in [0, 0.05) is 38.2 Å². The zero-order valence-corrected chi connectivity index (χ0v) is 13.4. The van der Waals surface area contributed by atoms with Crippen LogP contribution in [0.4, 0.5) is 5.82 Å². The fraction of sp³-hybridized carbons (Fsp3) is 0.471. The molecule has 6 nitrogen and oxygen atoms in total. The monoisotopic (exact) mass is 316 g/mol. The van der Waals surface area contributed by atoms with E-state index in [2.05, 4.69) is 21.8 Å². The van der Waals surface area contributed by atoms with Crippen LogP contribution in [0.2, 0.25) is 0 Å². The Hall–Kier alpha value is -2.05. The molecule has 1 aromatic carbocycles. The van der Waals surface area contributed by atoms with Gasteiger partial charge in [0.05, 0.1) is 5.69 Å². The predicted molar refractivity (Wildman–Crippen MR) is 89.8 cm³/mol. The van der Waals surface area contributed by atoms with E-state index in [0.717, 1.165) is 36.9 Å². The highest BCUT2D eigenvalue weighted by molar-refractivity contribution is 5.38. The Morgan fingerprint density at radius 3 is 3.09 bits per heavy atom. The molecule has 0 bridgehead atoms. The molecule has 1 aliphatic heterocycles. The van der Waals surface area contributed by atoms with Crippen molar-refractivity contribution in [2.45, 2.75) is 19.6 Å². The molecule has 0 saturated heterocycles. The Morgan fingerprint density at radius 2 is 2.26 bits per heavy atom. The molecule has 2 aromatic rings. The Balaban J connectivity index is 1.35. The third-order valence-electron chi connectivity index (χ3n) is 3.90. The van der Waals surface area contributed by atoms with Gasteiger partial charge in [-0.15, -0.1) is 0 Å². The number of para-hydroxylation sites is 1. The van der Waals surface area contributed by atoms with E-state index in [1.165, 1.54) is 0 Å². The summed E-state index contributed by atoms with van der Waals surface area (Å²) >= 11 is 0. The minimum absolute atomic E-state index is 0.294. The molecule has 1 aromatic heterocycles. The lowest BCUT2D eigenvalue weighted by molar-refractivity contribution is 0.105. The van der Waals surface area contributed by atoms with Crippen LogP contribution in [-0.2, 0) is 6.54 Å². The number of aromatic nitrogens is 2. The summed E-state index contributed by atoms with van der Waals surface area (Å²) in [5.74, 6) is 2.34. The van der Waals surface area contributed by atoms with E-state index >= 15 is 0 Å². The van der Waals surface area contributed by atoms with E-state index in [1.54, 1.807) is 0 Å². The number of ether oxygens (including phenoxy) is 1. The second kappa shape index (κ2) is 7.48. The lowest BCUT2D eigenvalue weighted by Gasteiger charge is -2.25. The second-order valence-electron chi connectivity index (χ2n) is 6.04. The summed E-state index contributed by atoms with van der Waals surface area (Å²) in [6.45, 7) is 5.49. The Kier molecular flexibility index (Phi) is 5.15. The highest BCUT2D eigenvalue weighted by Crippen LogP contribution is 2.17. The third kappa shape index (κ3) is 4.46. The van der Waals surface area contributed by atoms with Gasteiger partial charge >= 0.3 is 0 Å². The fourth-order valence-electron chi connectivity index (χ4n) is 2.74. The van der Waals surface area contributed by atoms with Gasteiger partial charge in [-0.3, -0.25) is 0 Å². The Morgan fingerprint density at radius 1 is 1.43 bits per heavy atom. The summed E-state index contributed by atoms with van der Waals surface area (Å²) in [6.07, 6.45) is -0.519. The number of nitrogens with one attached hydrogen (secondary N) is 2. The van der Waals surface area contributed by atoms with Gasteiger partial charge in [0.2, 0.25) is 0 Å². The molecule has 6 heteroatoms. The molecular formula is C17H24N4O2. The van der Waals surface area contributed by atoms with Gasteiger partial charge in [-0.2, -0.15) is 5.10 Å². The average Bonchev–Trinajstić information content (AvgIpc) is 2.93. The molecule has 23 heavy (non-hydrogen) atoms. The van der Waals surface area contributed by atoms with Crippen molar-refractivity contribution in [2.75, 3.05) is 31.6 Å². The van der Waals surface area contributed by atoms with E-state index in [9.17, 15) is 5.11 Å². The minimum atomic E-state index is -0.519. The van der Waals surface area contributed by atoms with Gasteiger partial charge in [0.1, 0.15) is 24.3 Å².